The fraction of sp³-hybridized carbons (Fsp3) is 0.300. The molecule has 1 aliphatic rings. The molecule has 2 atom stereocenters. The van der Waals surface area contributed by atoms with Crippen LogP contribution in [0.2, 0.25) is 5.02 Å². The molecule has 0 unspecified atom stereocenters. The van der Waals surface area contributed by atoms with Gasteiger partial charge in [0.2, 0.25) is 5.91 Å². The van der Waals surface area contributed by atoms with Crippen LogP contribution >= 0.6 is 11.6 Å². The smallest absolute Gasteiger partial charge is 0.253 e. The van der Waals surface area contributed by atoms with Gasteiger partial charge in [-0.1, -0.05) is 35.9 Å². The molecule has 0 radical (unpaired) electrons. The quantitative estimate of drug-likeness (QED) is 0.826. The Morgan fingerprint density at radius 1 is 1.26 bits per heavy atom. The zero-order chi connectivity index (χ0) is 19.4. The summed E-state index contributed by atoms with van der Waals surface area (Å²) in [7, 11) is 1.69. The van der Waals surface area contributed by atoms with Gasteiger partial charge < -0.3 is 20.3 Å². The number of hydrogen-bond donors (Lipinski definition) is 2. The lowest BCUT2D eigenvalue weighted by Gasteiger charge is -2.25. The van der Waals surface area contributed by atoms with E-state index in [1.165, 1.54) is 0 Å². The van der Waals surface area contributed by atoms with Crippen molar-refractivity contribution in [2.24, 2.45) is 0 Å². The van der Waals surface area contributed by atoms with Gasteiger partial charge in [-0.15, -0.1) is 0 Å². The van der Waals surface area contributed by atoms with E-state index in [4.69, 9.17) is 16.3 Å². The molecule has 0 bridgehead atoms. The van der Waals surface area contributed by atoms with Gasteiger partial charge in [0.25, 0.3) is 5.91 Å². The summed E-state index contributed by atoms with van der Waals surface area (Å²) in [6.07, 6.45) is 0. The van der Waals surface area contributed by atoms with Gasteiger partial charge in [0, 0.05) is 5.02 Å². The van der Waals surface area contributed by atoms with Crippen molar-refractivity contribution in [1.82, 2.24) is 10.6 Å². The Labute approximate surface area is 163 Å². The number of nitrogens with one attached hydrogen (secondary N) is 2. The molecule has 0 fully saturated rings. The summed E-state index contributed by atoms with van der Waals surface area (Å²) < 4.78 is 5.81. The third-order valence-electron chi connectivity index (χ3n) is 4.52. The van der Waals surface area contributed by atoms with Gasteiger partial charge in [0.15, 0.2) is 0 Å². The number of halogens is 1. The zero-order valence-electron chi connectivity index (χ0n) is 15.2. The van der Waals surface area contributed by atoms with E-state index in [1.54, 1.807) is 31.0 Å². The van der Waals surface area contributed by atoms with E-state index in [9.17, 15) is 9.59 Å². The number of nitrogens with zero attached hydrogens (tertiary/aromatic N) is 1. The van der Waals surface area contributed by atoms with E-state index < -0.39 is 12.1 Å². The topological polar surface area (TPSA) is 70.7 Å². The largest absolute Gasteiger partial charge is 0.489 e. The summed E-state index contributed by atoms with van der Waals surface area (Å²) in [4.78, 5) is 27.1. The number of amides is 2. The zero-order valence-corrected chi connectivity index (χ0v) is 16.0. The van der Waals surface area contributed by atoms with Gasteiger partial charge in [0.05, 0.1) is 18.3 Å². The van der Waals surface area contributed by atoms with Crippen LogP contribution in [0.25, 0.3) is 0 Å². The highest BCUT2D eigenvalue weighted by Crippen LogP contribution is 2.32. The van der Waals surface area contributed by atoms with Crippen LogP contribution in [0.4, 0.5) is 5.69 Å². The number of para-hydroxylation sites is 2. The van der Waals surface area contributed by atoms with Crippen LogP contribution in [0.5, 0.6) is 5.75 Å². The van der Waals surface area contributed by atoms with Crippen molar-refractivity contribution in [3.05, 3.63) is 59.1 Å². The van der Waals surface area contributed by atoms with E-state index in [-0.39, 0.29) is 18.4 Å². The second-order valence-electron chi connectivity index (χ2n) is 6.40. The molecular formula is C20H22ClN3O3. The fourth-order valence-corrected chi connectivity index (χ4v) is 2.95. The molecule has 0 aliphatic carbocycles. The Kier molecular flexibility index (Phi) is 5.98. The number of ether oxygens (including phenoxy) is 1. The fourth-order valence-electron chi connectivity index (χ4n) is 2.82. The van der Waals surface area contributed by atoms with E-state index in [0.29, 0.717) is 23.0 Å². The third kappa shape index (κ3) is 4.40. The van der Waals surface area contributed by atoms with Crippen LogP contribution in [0, 0.1) is 0 Å². The molecule has 2 aromatic carbocycles. The number of fused-ring (bicyclic) bond motifs is 1. The summed E-state index contributed by atoms with van der Waals surface area (Å²) in [6, 6.07) is 13.5. The van der Waals surface area contributed by atoms with Crippen LogP contribution in [0.3, 0.4) is 0 Å². The Balaban J connectivity index is 1.89. The Hall–Kier alpha value is -2.57. The summed E-state index contributed by atoms with van der Waals surface area (Å²) in [5.74, 6) is 0.140. The summed E-state index contributed by atoms with van der Waals surface area (Å²) in [5, 5.41) is 6.28. The van der Waals surface area contributed by atoms with Crippen molar-refractivity contribution < 1.29 is 14.3 Å². The number of rotatable bonds is 5. The lowest BCUT2D eigenvalue weighted by Crippen LogP contribution is -2.53. The number of carbonyl (C=O) groups excluding carboxylic acids is 2. The minimum atomic E-state index is -0.770. The molecule has 0 spiro atoms. The average Bonchev–Trinajstić information content (AvgIpc) is 2.81. The molecule has 0 saturated heterocycles. The first kappa shape index (κ1) is 19.2. The van der Waals surface area contributed by atoms with Crippen molar-refractivity contribution in [3.8, 4) is 5.75 Å². The lowest BCUT2D eigenvalue weighted by atomic mass is 10.1. The first-order valence-corrected chi connectivity index (χ1v) is 9.12. The van der Waals surface area contributed by atoms with E-state index in [2.05, 4.69) is 10.6 Å². The summed E-state index contributed by atoms with van der Waals surface area (Å²) in [6.45, 7) is 2.16. The van der Waals surface area contributed by atoms with E-state index in [0.717, 1.165) is 5.56 Å². The Morgan fingerprint density at radius 3 is 2.67 bits per heavy atom. The molecule has 6 nitrogen and oxygen atoms in total. The predicted octanol–water partition coefficient (Wildman–Crippen LogP) is 2.36. The number of carbonyl (C=O) groups is 2. The van der Waals surface area contributed by atoms with Gasteiger partial charge in [-0.05, 0) is 43.8 Å². The number of likely N-dealkylation sites (N-methyl/N-ethyl adjacent to an activating group) is 1. The highest BCUT2D eigenvalue weighted by molar-refractivity contribution is 6.30. The normalized spacial score (nSPS) is 17.5. The maximum Gasteiger partial charge on any atom is 0.253 e. The van der Waals surface area contributed by atoms with Gasteiger partial charge in [0.1, 0.15) is 18.4 Å². The second-order valence-corrected chi connectivity index (χ2v) is 6.84. The third-order valence-corrected chi connectivity index (χ3v) is 4.77. The molecule has 142 valence electrons. The molecule has 1 heterocycles. The molecule has 0 saturated carbocycles. The average molecular weight is 388 g/mol. The molecule has 7 heteroatoms. The Morgan fingerprint density at radius 2 is 1.96 bits per heavy atom. The second kappa shape index (κ2) is 8.41. The monoisotopic (exact) mass is 387 g/mol. The number of benzene rings is 2. The molecule has 2 aromatic rings. The van der Waals surface area contributed by atoms with Crippen LogP contribution in [0.1, 0.15) is 12.5 Å². The van der Waals surface area contributed by atoms with Crippen molar-refractivity contribution in [2.75, 3.05) is 18.6 Å². The van der Waals surface area contributed by atoms with Crippen LogP contribution in [-0.2, 0) is 16.1 Å². The van der Waals surface area contributed by atoms with Crippen molar-refractivity contribution in [2.45, 2.75) is 25.6 Å². The number of anilines is 1. The first-order valence-electron chi connectivity index (χ1n) is 8.75. The van der Waals surface area contributed by atoms with Crippen LogP contribution in [-0.4, -0.2) is 37.6 Å². The van der Waals surface area contributed by atoms with E-state index in [1.807, 2.05) is 36.4 Å². The van der Waals surface area contributed by atoms with Crippen molar-refractivity contribution in [1.29, 1.82) is 0 Å². The molecule has 2 amide bonds. The van der Waals surface area contributed by atoms with Crippen molar-refractivity contribution >= 4 is 29.1 Å². The van der Waals surface area contributed by atoms with Gasteiger partial charge >= 0.3 is 0 Å². The summed E-state index contributed by atoms with van der Waals surface area (Å²) >= 11 is 5.96. The highest BCUT2D eigenvalue weighted by atomic mass is 35.5. The van der Waals surface area contributed by atoms with Gasteiger partial charge in [-0.25, -0.2) is 0 Å². The molecule has 1 aliphatic heterocycles. The van der Waals surface area contributed by atoms with Crippen LogP contribution < -0.4 is 20.3 Å². The van der Waals surface area contributed by atoms with Gasteiger partial charge in [-0.2, -0.15) is 0 Å². The minimum absolute atomic E-state index is 0.0785. The van der Waals surface area contributed by atoms with Crippen molar-refractivity contribution in [3.63, 3.8) is 0 Å². The molecule has 0 aromatic heterocycles. The maximum absolute atomic E-state index is 13.2. The lowest BCUT2D eigenvalue weighted by molar-refractivity contribution is -0.129. The number of hydrogen-bond acceptors (Lipinski definition) is 4. The van der Waals surface area contributed by atoms with E-state index >= 15 is 0 Å². The standard InChI is InChI=1S/C20H22ClN3O3/c1-13(22-2)19(25)23-16-12-27-18-6-4-3-5-17(18)24(20(16)26)11-14-7-9-15(21)10-8-14/h3-10,13,16,22H,11-12H2,1-2H3,(H,23,25)/t13-,16-/m0/s1. The minimum Gasteiger partial charge on any atom is -0.489 e. The maximum atomic E-state index is 13.2. The predicted molar refractivity (Wildman–Crippen MR) is 105 cm³/mol. The summed E-state index contributed by atoms with van der Waals surface area (Å²) in [5.41, 5.74) is 1.61. The van der Waals surface area contributed by atoms with Gasteiger partial charge in [-0.3, -0.25) is 9.59 Å². The first-order chi connectivity index (χ1) is 13.0. The molecule has 27 heavy (non-hydrogen) atoms. The molecule has 3 rings (SSSR count). The van der Waals surface area contributed by atoms with Crippen LogP contribution in [0.15, 0.2) is 48.5 Å². The molecule has 2 N–H and O–H groups in total. The SMILES string of the molecule is CN[C@@H](C)C(=O)N[C@H]1COc2ccccc2N(Cc2ccc(Cl)cc2)C1=O. The Bertz CT molecular complexity index is 825. The molecular weight excluding hydrogens is 366 g/mol. The highest BCUT2D eigenvalue weighted by Gasteiger charge is 2.33.